The van der Waals surface area contributed by atoms with Crippen LogP contribution in [0, 0.1) is 0 Å². The van der Waals surface area contributed by atoms with Crippen molar-refractivity contribution in [3.63, 3.8) is 0 Å². The zero-order valence-corrected chi connectivity index (χ0v) is 16.9. The van der Waals surface area contributed by atoms with Crippen LogP contribution in [0.15, 0.2) is 24.3 Å². The molecular weight excluding hydrogens is 405 g/mol. The molecule has 1 aromatic carbocycles. The van der Waals surface area contributed by atoms with Gasteiger partial charge < -0.3 is 37.9 Å². The van der Waals surface area contributed by atoms with Crippen molar-refractivity contribution in [3.8, 4) is 11.5 Å². The molecule has 5 heteroatoms. The maximum absolute atomic E-state index is 11.9. The van der Waals surface area contributed by atoms with E-state index in [1.54, 1.807) is 6.08 Å². The van der Waals surface area contributed by atoms with Gasteiger partial charge in [-0.3, -0.25) is 4.79 Å². The summed E-state index contributed by atoms with van der Waals surface area (Å²) >= 11 is 0. The third kappa shape index (κ3) is 8.95. The number of halogens is 1. The monoisotopic (exact) mass is 433 g/mol. The van der Waals surface area contributed by atoms with E-state index in [0.717, 1.165) is 22.3 Å². The summed E-state index contributed by atoms with van der Waals surface area (Å²) in [5.41, 5.74) is 0.936. The Labute approximate surface area is 157 Å². The van der Waals surface area contributed by atoms with Gasteiger partial charge in [0, 0.05) is 0 Å². The Morgan fingerprint density at radius 3 is 2.26 bits per heavy atom. The maximum atomic E-state index is 11.9. The van der Waals surface area contributed by atoms with Crippen molar-refractivity contribution in [1.29, 1.82) is 0 Å². The lowest BCUT2D eigenvalue weighted by Crippen LogP contribution is -3.00. The molecule has 0 unspecified atom stereocenters. The fourth-order valence-corrected chi connectivity index (χ4v) is 1.89. The van der Waals surface area contributed by atoms with E-state index in [1.165, 1.54) is 0 Å². The molecule has 4 nitrogen and oxygen atoms in total. The molecule has 0 saturated carbocycles. The summed E-state index contributed by atoms with van der Waals surface area (Å²) in [4.78, 5) is 11.9. The first-order chi connectivity index (χ1) is 10.4. The van der Waals surface area contributed by atoms with Gasteiger partial charge in [-0.1, -0.05) is 12.1 Å². The first-order valence-electron chi connectivity index (χ1n) is 7.76. The number of rotatable bonds is 9. The summed E-state index contributed by atoms with van der Waals surface area (Å²) in [5, 5.41) is 0. The molecule has 1 aromatic rings. The highest BCUT2D eigenvalue weighted by Gasteiger charge is 2.09. The molecule has 0 aliphatic rings. The smallest absolute Gasteiger partial charge is 0.161 e. The largest absolute Gasteiger partial charge is 1.00 e. The van der Waals surface area contributed by atoms with E-state index in [4.69, 9.17) is 9.47 Å². The minimum absolute atomic E-state index is 0. The van der Waals surface area contributed by atoms with Crippen LogP contribution in [0.25, 0.3) is 6.08 Å². The minimum atomic E-state index is 0. The molecule has 0 aliphatic carbocycles. The number of carbonyl (C=O) groups excluding carboxylic acids is 1. The Morgan fingerprint density at radius 2 is 1.70 bits per heavy atom. The van der Waals surface area contributed by atoms with Crippen molar-refractivity contribution in [2.24, 2.45) is 0 Å². The zero-order valence-electron chi connectivity index (χ0n) is 14.8. The van der Waals surface area contributed by atoms with Crippen LogP contribution in [0.5, 0.6) is 11.5 Å². The topological polar surface area (TPSA) is 35.5 Å². The molecule has 1 rings (SSSR count). The second-order valence-corrected chi connectivity index (χ2v) is 6.14. The van der Waals surface area contributed by atoms with Crippen molar-refractivity contribution >= 4 is 11.9 Å². The predicted molar refractivity (Wildman–Crippen MR) is 90.3 cm³/mol. The molecule has 0 saturated heterocycles. The van der Waals surface area contributed by atoms with Crippen molar-refractivity contribution in [1.82, 2.24) is 0 Å². The summed E-state index contributed by atoms with van der Waals surface area (Å²) in [5.74, 6) is 1.59. The number of hydrogen-bond acceptors (Lipinski definition) is 3. The lowest BCUT2D eigenvalue weighted by Gasteiger charge is -2.22. The second-order valence-electron chi connectivity index (χ2n) is 6.14. The highest BCUT2D eigenvalue weighted by atomic mass is 127. The standard InChI is InChI=1S/C18H28NO3.HI/c1-6-21-17-11-9-15(14-18(17)22-7-2)8-10-16(20)12-13-19(3,4)5;/h8-11,14H,6-7,12-13H2,1-5H3;1H/q+1;/p-1. The van der Waals surface area contributed by atoms with Crippen LogP contribution in [0.4, 0.5) is 0 Å². The van der Waals surface area contributed by atoms with Crippen LogP contribution < -0.4 is 33.5 Å². The summed E-state index contributed by atoms with van der Waals surface area (Å²) in [6.07, 6.45) is 4.02. The molecular formula is C18H28INO3. The van der Waals surface area contributed by atoms with Crippen molar-refractivity contribution in [2.75, 3.05) is 40.9 Å². The summed E-state index contributed by atoms with van der Waals surface area (Å²) in [7, 11) is 6.24. The van der Waals surface area contributed by atoms with Gasteiger partial charge in [-0.2, -0.15) is 0 Å². The van der Waals surface area contributed by atoms with Crippen LogP contribution in [0.1, 0.15) is 25.8 Å². The molecule has 0 heterocycles. The van der Waals surface area contributed by atoms with Gasteiger partial charge >= 0.3 is 0 Å². The number of ketones is 1. The summed E-state index contributed by atoms with van der Waals surface area (Å²) in [6.45, 7) is 5.88. The Balaban J connectivity index is 0.00000484. The van der Waals surface area contributed by atoms with Gasteiger partial charge in [-0.25, -0.2) is 0 Å². The Hall–Kier alpha value is -1.08. The normalized spacial score (nSPS) is 11.2. The van der Waals surface area contributed by atoms with Gasteiger partial charge in [0.15, 0.2) is 17.3 Å². The first kappa shape index (κ1) is 21.9. The van der Waals surface area contributed by atoms with E-state index < -0.39 is 0 Å². The van der Waals surface area contributed by atoms with Crippen LogP contribution in [-0.4, -0.2) is 51.2 Å². The van der Waals surface area contributed by atoms with E-state index in [0.29, 0.717) is 25.4 Å². The van der Waals surface area contributed by atoms with Crippen molar-refractivity contribution in [2.45, 2.75) is 20.3 Å². The lowest BCUT2D eigenvalue weighted by atomic mass is 10.1. The van der Waals surface area contributed by atoms with Gasteiger partial charge in [-0.05, 0) is 37.6 Å². The average molecular weight is 433 g/mol. The third-order valence-electron chi connectivity index (χ3n) is 3.06. The van der Waals surface area contributed by atoms with Gasteiger partial charge in [-0.15, -0.1) is 0 Å². The van der Waals surface area contributed by atoms with E-state index >= 15 is 0 Å². The Kier molecular flexibility index (Phi) is 10.1. The number of hydrogen-bond donors (Lipinski definition) is 0. The van der Waals surface area contributed by atoms with E-state index in [-0.39, 0.29) is 29.8 Å². The quantitative estimate of drug-likeness (QED) is 0.317. The molecule has 0 atom stereocenters. The first-order valence-corrected chi connectivity index (χ1v) is 7.76. The number of carbonyl (C=O) groups is 1. The molecule has 0 radical (unpaired) electrons. The zero-order chi connectivity index (χ0) is 16.6. The second kappa shape index (κ2) is 10.6. The predicted octanol–water partition coefficient (Wildman–Crippen LogP) is 0.167. The molecule has 130 valence electrons. The van der Waals surface area contributed by atoms with Crippen LogP contribution in [-0.2, 0) is 4.79 Å². The Bertz CT molecular complexity index is 521. The molecule has 0 fully saturated rings. The number of allylic oxidation sites excluding steroid dienone is 1. The van der Waals surface area contributed by atoms with E-state index in [1.807, 2.05) is 38.1 Å². The Morgan fingerprint density at radius 1 is 1.09 bits per heavy atom. The fraction of sp³-hybridized carbons (Fsp3) is 0.500. The molecule has 0 spiro atoms. The van der Waals surface area contributed by atoms with E-state index in [9.17, 15) is 4.79 Å². The highest BCUT2D eigenvalue weighted by molar-refractivity contribution is 5.93. The van der Waals surface area contributed by atoms with Crippen LogP contribution in [0.3, 0.4) is 0 Å². The summed E-state index contributed by atoms with van der Waals surface area (Å²) < 4.78 is 11.9. The number of benzene rings is 1. The van der Waals surface area contributed by atoms with Gasteiger partial charge in [0.1, 0.15) is 0 Å². The minimum Gasteiger partial charge on any atom is -1.00 e. The average Bonchev–Trinajstić information content (AvgIpc) is 2.45. The third-order valence-corrected chi connectivity index (χ3v) is 3.06. The number of nitrogens with zero attached hydrogens (tertiary/aromatic N) is 1. The van der Waals surface area contributed by atoms with E-state index in [2.05, 4.69) is 21.1 Å². The molecule has 0 bridgehead atoms. The number of ether oxygens (including phenoxy) is 2. The molecule has 0 aromatic heterocycles. The highest BCUT2D eigenvalue weighted by Crippen LogP contribution is 2.29. The van der Waals surface area contributed by atoms with Crippen LogP contribution >= 0.6 is 0 Å². The van der Waals surface area contributed by atoms with Gasteiger partial charge in [0.25, 0.3) is 0 Å². The van der Waals surface area contributed by atoms with Gasteiger partial charge in [0.05, 0.1) is 47.3 Å². The fourth-order valence-electron chi connectivity index (χ4n) is 1.89. The van der Waals surface area contributed by atoms with Crippen molar-refractivity contribution in [3.05, 3.63) is 29.8 Å². The molecule has 23 heavy (non-hydrogen) atoms. The molecule has 0 amide bonds. The lowest BCUT2D eigenvalue weighted by molar-refractivity contribution is -0.869. The van der Waals surface area contributed by atoms with Crippen LogP contribution in [0.2, 0.25) is 0 Å². The summed E-state index contributed by atoms with van der Waals surface area (Å²) in [6, 6.07) is 5.71. The maximum Gasteiger partial charge on any atom is 0.161 e. The number of quaternary nitrogens is 1. The van der Waals surface area contributed by atoms with Gasteiger partial charge in [0.2, 0.25) is 0 Å². The molecule has 0 aliphatic heterocycles. The van der Waals surface area contributed by atoms with Crippen molar-refractivity contribution < 1.29 is 42.7 Å². The molecule has 0 N–H and O–H groups in total. The SMILES string of the molecule is CCOc1ccc(C=CC(=O)CC[N+](C)(C)C)cc1OCC.[I-].